The third-order valence-electron chi connectivity index (χ3n) is 3.34. The molecule has 0 saturated carbocycles. The third-order valence-corrected chi connectivity index (χ3v) is 3.34. The Morgan fingerprint density at radius 1 is 0.952 bits per heavy atom. The number of hydrogen-bond donors (Lipinski definition) is 1. The summed E-state index contributed by atoms with van der Waals surface area (Å²) < 4.78 is 15.6. The summed E-state index contributed by atoms with van der Waals surface area (Å²) in [6.07, 6.45) is -0.772. The van der Waals surface area contributed by atoms with E-state index in [2.05, 4.69) is 0 Å². The maximum atomic E-state index is 10.6. The van der Waals surface area contributed by atoms with E-state index in [4.69, 9.17) is 14.2 Å². The number of hydrogen-bond acceptors (Lipinski definition) is 4. The highest BCUT2D eigenvalue weighted by atomic mass is 16.5. The summed E-state index contributed by atoms with van der Waals surface area (Å²) in [4.78, 5) is 0. The fraction of sp³-hybridized carbons (Fsp3) is 0.294. The first-order valence-corrected chi connectivity index (χ1v) is 6.67. The van der Waals surface area contributed by atoms with Gasteiger partial charge >= 0.3 is 0 Å². The quantitative estimate of drug-likeness (QED) is 0.888. The average Bonchev–Trinajstić information content (AvgIpc) is 2.54. The van der Waals surface area contributed by atoms with Crippen LogP contribution in [0, 0.1) is 0 Å². The molecule has 0 saturated heterocycles. The Morgan fingerprint density at radius 3 is 2.24 bits per heavy atom. The highest BCUT2D eigenvalue weighted by Gasteiger charge is 2.16. The van der Waals surface area contributed by atoms with E-state index in [0.717, 1.165) is 11.1 Å². The van der Waals surface area contributed by atoms with Crippen molar-refractivity contribution in [3.8, 4) is 11.5 Å². The summed E-state index contributed by atoms with van der Waals surface area (Å²) in [5.41, 5.74) is 2.53. The van der Waals surface area contributed by atoms with Crippen molar-refractivity contribution in [1.29, 1.82) is 0 Å². The molecule has 0 heterocycles. The molecule has 1 atom stereocenters. The van der Waals surface area contributed by atoms with Crippen LogP contribution >= 0.6 is 0 Å². The largest absolute Gasteiger partial charge is 0.497 e. The molecule has 0 aliphatic carbocycles. The van der Waals surface area contributed by atoms with Gasteiger partial charge in [-0.05, 0) is 29.3 Å². The second kappa shape index (κ2) is 7.11. The topological polar surface area (TPSA) is 47.9 Å². The van der Waals surface area contributed by atoms with Crippen LogP contribution in [0.3, 0.4) is 0 Å². The smallest absolute Gasteiger partial charge is 0.125 e. The molecule has 1 unspecified atom stereocenters. The van der Waals surface area contributed by atoms with Gasteiger partial charge in [0.25, 0.3) is 0 Å². The van der Waals surface area contributed by atoms with Gasteiger partial charge in [0.05, 0.1) is 20.8 Å². The van der Waals surface area contributed by atoms with E-state index in [9.17, 15) is 5.11 Å². The van der Waals surface area contributed by atoms with Crippen LogP contribution in [-0.2, 0) is 11.3 Å². The molecular formula is C17H20O4. The first-order chi connectivity index (χ1) is 10.2. The summed E-state index contributed by atoms with van der Waals surface area (Å²) >= 11 is 0. The number of aliphatic hydroxyl groups excluding tert-OH is 1. The maximum absolute atomic E-state index is 10.6. The minimum Gasteiger partial charge on any atom is -0.497 e. The van der Waals surface area contributed by atoms with Crippen LogP contribution in [-0.4, -0.2) is 26.4 Å². The lowest BCUT2D eigenvalue weighted by molar-refractivity contribution is 0.184. The van der Waals surface area contributed by atoms with Gasteiger partial charge in [-0.15, -0.1) is 0 Å². The van der Waals surface area contributed by atoms with Crippen LogP contribution in [0.1, 0.15) is 22.8 Å². The van der Waals surface area contributed by atoms with Crippen LogP contribution in [0.2, 0.25) is 0 Å². The number of methoxy groups -OCH3 is 3. The van der Waals surface area contributed by atoms with Gasteiger partial charge in [-0.3, -0.25) is 0 Å². The van der Waals surface area contributed by atoms with Crippen molar-refractivity contribution in [2.45, 2.75) is 12.7 Å². The van der Waals surface area contributed by atoms with E-state index in [1.54, 1.807) is 39.5 Å². The van der Waals surface area contributed by atoms with E-state index in [-0.39, 0.29) is 0 Å². The molecule has 21 heavy (non-hydrogen) atoms. The van der Waals surface area contributed by atoms with Crippen molar-refractivity contribution in [2.24, 2.45) is 0 Å². The lowest BCUT2D eigenvalue weighted by atomic mass is 9.99. The van der Waals surface area contributed by atoms with E-state index < -0.39 is 6.10 Å². The van der Waals surface area contributed by atoms with Crippen molar-refractivity contribution in [3.05, 3.63) is 59.2 Å². The minimum atomic E-state index is -0.772. The molecule has 0 bridgehead atoms. The second-order valence-electron chi connectivity index (χ2n) is 4.69. The zero-order valence-corrected chi connectivity index (χ0v) is 12.5. The Balaban J connectivity index is 2.31. The Labute approximate surface area is 124 Å². The van der Waals surface area contributed by atoms with Crippen LogP contribution in [0.5, 0.6) is 11.5 Å². The molecule has 1 N–H and O–H groups in total. The highest BCUT2D eigenvalue weighted by molar-refractivity contribution is 5.45. The summed E-state index contributed by atoms with van der Waals surface area (Å²) in [5.74, 6) is 1.31. The fourth-order valence-electron chi connectivity index (χ4n) is 2.20. The normalized spacial score (nSPS) is 12.0. The number of rotatable bonds is 6. The van der Waals surface area contributed by atoms with Crippen molar-refractivity contribution in [2.75, 3.05) is 21.3 Å². The van der Waals surface area contributed by atoms with Crippen molar-refractivity contribution >= 4 is 0 Å². The summed E-state index contributed by atoms with van der Waals surface area (Å²) in [6.45, 7) is 0.554. The van der Waals surface area contributed by atoms with Gasteiger partial charge in [-0.25, -0.2) is 0 Å². The van der Waals surface area contributed by atoms with E-state index >= 15 is 0 Å². The molecule has 4 heteroatoms. The second-order valence-corrected chi connectivity index (χ2v) is 4.69. The maximum Gasteiger partial charge on any atom is 0.125 e. The molecule has 112 valence electrons. The minimum absolute atomic E-state index is 0.554. The Hall–Kier alpha value is -2.04. The molecule has 0 aliphatic rings. The fourth-order valence-corrected chi connectivity index (χ4v) is 2.20. The van der Waals surface area contributed by atoms with Gasteiger partial charge in [0.15, 0.2) is 0 Å². The Bertz CT molecular complexity index is 578. The number of aliphatic hydroxyl groups is 1. The first kappa shape index (κ1) is 15.4. The molecule has 2 aromatic carbocycles. The SMILES string of the molecule is COCc1ccc(C(O)c2cc(OC)ccc2OC)cc1. The van der Waals surface area contributed by atoms with Gasteiger partial charge in [0.1, 0.15) is 17.6 Å². The average molecular weight is 288 g/mol. The Kier molecular flexibility index (Phi) is 5.20. The monoisotopic (exact) mass is 288 g/mol. The molecule has 0 aromatic heterocycles. The molecule has 0 fully saturated rings. The zero-order valence-electron chi connectivity index (χ0n) is 12.5. The molecule has 0 aliphatic heterocycles. The van der Waals surface area contributed by atoms with Crippen LogP contribution in [0.15, 0.2) is 42.5 Å². The predicted molar refractivity (Wildman–Crippen MR) is 80.8 cm³/mol. The molecular weight excluding hydrogens is 268 g/mol. The summed E-state index contributed by atoms with van der Waals surface area (Å²) in [6, 6.07) is 13.0. The van der Waals surface area contributed by atoms with Gasteiger partial charge in [0.2, 0.25) is 0 Å². The van der Waals surface area contributed by atoms with E-state index in [1.807, 2.05) is 24.3 Å². The number of ether oxygens (including phenoxy) is 3. The predicted octanol–water partition coefficient (Wildman–Crippen LogP) is 2.93. The number of benzene rings is 2. The molecule has 4 nitrogen and oxygen atoms in total. The lowest BCUT2D eigenvalue weighted by Gasteiger charge is -2.16. The van der Waals surface area contributed by atoms with Gasteiger partial charge in [-0.2, -0.15) is 0 Å². The van der Waals surface area contributed by atoms with Gasteiger partial charge in [-0.1, -0.05) is 24.3 Å². The van der Waals surface area contributed by atoms with Crippen molar-refractivity contribution < 1.29 is 19.3 Å². The standard InChI is InChI=1S/C17H20O4/c1-19-11-12-4-6-13(7-5-12)17(18)15-10-14(20-2)8-9-16(15)21-3/h4-10,17-18H,11H2,1-3H3. The van der Waals surface area contributed by atoms with Crippen LogP contribution in [0.25, 0.3) is 0 Å². The first-order valence-electron chi connectivity index (χ1n) is 6.67. The molecule has 2 aromatic rings. The lowest BCUT2D eigenvalue weighted by Crippen LogP contribution is -2.03. The van der Waals surface area contributed by atoms with E-state index in [0.29, 0.717) is 23.7 Å². The summed E-state index contributed by atoms with van der Waals surface area (Å²) in [5, 5.41) is 10.6. The third kappa shape index (κ3) is 3.54. The molecule has 0 radical (unpaired) electrons. The van der Waals surface area contributed by atoms with Gasteiger partial charge in [0, 0.05) is 12.7 Å². The van der Waals surface area contributed by atoms with Crippen molar-refractivity contribution in [3.63, 3.8) is 0 Å². The van der Waals surface area contributed by atoms with Crippen LogP contribution < -0.4 is 9.47 Å². The molecule has 2 rings (SSSR count). The Morgan fingerprint density at radius 2 is 1.67 bits per heavy atom. The van der Waals surface area contributed by atoms with Crippen LogP contribution in [0.4, 0.5) is 0 Å². The highest BCUT2D eigenvalue weighted by Crippen LogP contribution is 2.33. The molecule has 0 spiro atoms. The summed E-state index contributed by atoms with van der Waals surface area (Å²) in [7, 11) is 4.83. The molecule has 0 amide bonds. The van der Waals surface area contributed by atoms with Crippen molar-refractivity contribution in [1.82, 2.24) is 0 Å². The zero-order chi connectivity index (χ0) is 15.2. The van der Waals surface area contributed by atoms with Gasteiger partial charge < -0.3 is 19.3 Å². The van der Waals surface area contributed by atoms with E-state index in [1.165, 1.54) is 0 Å².